The smallest absolute Gasteiger partial charge is 0.251 e. The molecule has 10 heteroatoms. The van der Waals surface area contributed by atoms with Crippen LogP contribution in [0.5, 0.6) is 0 Å². The van der Waals surface area contributed by atoms with Gasteiger partial charge in [-0.3, -0.25) is 4.79 Å². The molecule has 0 saturated carbocycles. The van der Waals surface area contributed by atoms with Gasteiger partial charge < -0.3 is 25.1 Å². The minimum atomic E-state index is -0.765. The van der Waals surface area contributed by atoms with Crippen molar-refractivity contribution in [2.75, 3.05) is 25.1 Å². The quantitative estimate of drug-likeness (QED) is 0.183. The van der Waals surface area contributed by atoms with Gasteiger partial charge in [0.1, 0.15) is 5.82 Å². The molecule has 224 valence electrons. The predicted molar refractivity (Wildman–Crippen MR) is 165 cm³/mol. The van der Waals surface area contributed by atoms with Crippen LogP contribution in [0.1, 0.15) is 47.9 Å². The number of carbonyl (C=O) groups excluding carboxylic acids is 1. The molecule has 1 atom stereocenters. The summed E-state index contributed by atoms with van der Waals surface area (Å²) in [7, 11) is 0. The molecule has 9 nitrogen and oxygen atoms in total. The summed E-state index contributed by atoms with van der Waals surface area (Å²) < 4.78 is 26.1. The van der Waals surface area contributed by atoms with Gasteiger partial charge in [0.05, 0.1) is 36.3 Å². The summed E-state index contributed by atoms with van der Waals surface area (Å²) in [6, 6.07) is 27.0. The maximum Gasteiger partial charge on any atom is 0.251 e. The number of halogens is 1. The predicted octanol–water partition coefficient (Wildman–Crippen LogP) is 6.33. The maximum absolute atomic E-state index is 13.8. The van der Waals surface area contributed by atoms with Crippen LogP contribution in [-0.4, -0.2) is 45.6 Å². The Kier molecular flexibility index (Phi) is 8.44. The highest BCUT2D eigenvalue weighted by atomic mass is 19.1. The summed E-state index contributed by atoms with van der Waals surface area (Å²) in [4.78, 5) is 29.9. The van der Waals surface area contributed by atoms with Gasteiger partial charge in [0.25, 0.3) is 5.91 Å². The summed E-state index contributed by atoms with van der Waals surface area (Å²) in [5, 5.41) is 6.34. The lowest BCUT2D eigenvalue weighted by molar-refractivity contribution is -0.231. The lowest BCUT2D eigenvalue weighted by atomic mass is 9.92. The molecule has 1 saturated heterocycles. The Balaban J connectivity index is 1.21. The van der Waals surface area contributed by atoms with Crippen molar-refractivity contribution in [3.05, 3.63) is 120 Å². The van der Waals surface area contributed by atoms with E-state index in [0.717, 1.165) is 5.56 Å². The summed E-state index contributed by atoms with van der Waals surface area (Å²) >= 11 is 0. The fourth-order valence-electron chi connectivity index (χ4n) is 4.98. The van der Waals surface area contributed by atoms with Gasteiger partial charge in [-0.05, 0) is 55.0 Å². The van der Waals surface area contributed by atoms with Crippen molar-refractivity contribution >= 4 is 11.9 Å². The molecule has 0 radical (unpaired) electrons. The zero-order valence-corrected chi connectivity index (χ0v) is 24.5. The van der Waals surface area contributed by atoms with Crippen molar-refractivity contribution in [2.24, 2.45) is 5.41 Å². The van der Waals surface area contributed by atoms with Crippen molar-refractivity contribution in [3.8, 4) is 22.6 Å². The number of nitrogens with zero attached hydrogens (tertiary/aromatic N) is 3. The molecular formula is C34H33FN6O3. The van der Waals surface area contributed by atoms with Gasteiger partial charge in [-0.25, -0.2) is 19.3 Å². The van der Waals surface area contributed by atoms with E-state index in [1.54, 1.807) is 36.5 Å². The molecule has 3 heterocycles. The molecule has 1 aliphatic rings. The highest BCUT2D eigenvalue weighted by Crippen LogP contribution is 2.35. The molecule has 44 heavy (non-hydrogen) atoms. The van der Waals surface area contributed by atoms with Crippen molar-refractivity contribution in [1.29, 1.82) is 0 Å². The van der Waals surface area contributed by atoms with Crippen LogP contribution in [0, 0.1) is 11.2 Å². The second-order valence-corrected chi connectivity index (χ2v) is 11.2. The summed E-state index contributed by atoms with van der Waals surface area (Å²) in [6.07, 6.45) is 0.915. The lowest BCUT2D eigenvalue weighted by Gasteiger charge is -2.36. The fourth-order valence-corrected chi connectivity index (χ4v) is 4.98. The van der Waals surface area contributed by atoms with Gasteiger partial charge in [-0.1, -0.05) is 55.5 Å². The number of carbonyl (C=O) groups is 1. The molecule has 0 bridgehead atoms. The lowest BCUT2D eigenvalue weighted by Crippen LogP contribution is -2.45. The Bertz CT molecular complexity index is 1700. The first-order valence-corrected chi connectivity index (χ1v) is 14.4. The van der Waals surface area contributed by atoms with E-state index < -0.39 is 11.7 Å². The number of aromatic nitrogens is 4. The normalized spacial score (nSPS) is 18.8. The molecule has 6 rings (SSSR count). The van der Waals surface area contributed by atoms with Crippen LogP contribution in [0.2, 0.25) is 0 Å². The van der Waals surface area contributed by atoms with Gasteiger partial charge in [0.15, 0.2) is 5.82 Å². The zero-order valence-electron chi connectivity index (χ0n) is 24.5. The number of anilines is 1. The molecule has 1 fully saturated rings. The van der Waals surface area contributed by atoms with Gasteiger partial charge in [0.2, 0.25) is 12.2 Å². The second kappa shape index (κ2) is 12.7. The van der Waals surface area contributed by atoms with E-state index in [4.69, 9.17) is 19.4 Å². The zero-order chi connectivity index (χ0) is 30.5. The molecule has 0 aliphatic carbocycles. The Hall–Kier alpha value is -4.93. The van der Waals surface area contributed by atoms with Gasteiger partial charge >= 0.3 is 0 Å². The van der Waals surface area contributed by atoms with Crippen LogP contribution in [0.15, 0.2) is 97.2 Å². The number of ether oxygens (including phenoxy) is 2. The highest BCUT2D eigenvalue weighted by Gasteiger charge is 2.35. The number of hydrogen-bond acceptors (Lipinski definition) is 7. The number of nitrogens with one attached hydrogen (secondary N) is 3. The van der Waals surface area contributed by atoms with Crippen LogP contribution in [0.3, 0.4) is 0 Å². The SMILES string of the molecule is CC(Nc1nccc(-c2[nH]c(C3OCC(C)(CNC(=O)c4ccccc4)CO3)nc2-c2ccc(F)cc2)n1)c1ccccc1. The Morgan fingerprint density at radius 1 is 0.977 bits per heavy atom. The van der Waals surface area contributed by atoms with Crippen LogP contribution in [0.4, 0.5) is 10.3 Å². The number of hydrogen-bond donors (Lipinski definition) is 3. The van der Waals surface area contributed by atoms with Gasteiger partial charge in [-0.2, -0.15) is 0 Å². The van der Waals surface area contributed by atoms with E-state index >= 15 is 0 Å². The molecule has 0 spiro atoms. The first-order valence-electron chi connectivity index (χ1n) is 14.4. The molecule has 3 aromatic carbocycles. The molecule has 1 unspecified atom stereocenters. The largest absolute Gasteiger partial charge is 0.351 e. The van der Waals surface area contributed by atoms with E-state index in [-0.39, 0.29) is 17.8 Å². The standard InChI is InChI=1S/C34H33FN6O3/c1-22(23-9-5-3-6-10-23)38-33-36-18-17-27(39-33)29-28(24-13-15-26(35)16-14-24)40-30(41-29)32-43-20-34(2,21-44-32)19-37-31(42)25-11-7-4-8-12-25/h3-18,22,32H,19-21H2,1-2H3,(H,37,42)(H,40,41)(H,36,38,39). The van der Waals surface area contributed by atoms with Crippen LogP contribution in [-0.2, 0) is 9.47 Å². The minimum Gasteiger partial charge on any atom is -0.351 e. The average Bonchev–Trinajstić information content (AvgIpc) is 3.51. The number of imidazole rings is 1. The first kappa shape index (κ1) is 29.2. The van der Waals surface area contributed by atoms with Gasteiger partial charge in [-0.15, -0.1) is 0 Å². The molecule has 3 N–H and O–H groups in total. The molecule has 5 aromatic rings. The molecule has 2 aromatic heterocycles. The maximum atomic E-state index is 13.8. The third kappa shape index (κ3) is 6.66. The topological polar surface area (TPSA) is 114 Å². The number of aromatic amines is 1. The minimum absolute atomic E-state index is 0.0174. The average molecular weight is 593 g/mol. The second-order valence-electron chi connectivity index (χ2n) is 11.2. The third-order valence-electron chi connectivity index (χ3n) is 7.50. The van der Waals surface area contributed by atoms with Crippen LogP contribution < -0.4 is 10.6 Å². The molecule has 1 aliphatic heterocycles. The Morgan fingerprint density at radius 2 is 1.66 bits per heavy atom. The van der Waals surface area contributed by atoms with Crippen LogP contribution >= 0.6 is 0 Å². The van der Waals surface area contributed by atoms with Crippen molar-refractivity contribution < 1.29 is 18.7 Å². The van der Waals surface area contributed by atoms with E-state index in [2.05, 4.69) is 20.6 Å². The Labute approximate surface area is 254 Å². The summed E-state index contributed by atoms with van der Waals surface area (Å²) in [6.45, 7) is 5.11. The number of amides is 1. The highest BCUT2D eigenvalue weighted by molar-refractivity contribution is 5.94. The van der Waals surface area contributed by atoms with E-state index in [1.165, 1.54) is 12.1 Å². The summed E-state index contributed by atoms with van der Waals surface area (Å²) in [5.41, 5.74) is 3.79. The Morgan fingerprint density at radius 3 is 2.36 bits per heavy atom. The monoisotopic (exact) mass is 592 g/mol. The number of H-pyrrole nitrogens is 1. The third-order valence-corrected chi connectivity index (χ3v) is 7.50. The van der Waals surface area contributed by atoms with E-state index in [0.29, 0.717) is 59.7 Å². The van der Waals surface area contributed by atoms with E-state index in [9.17, 15) is 9.18 Å². The number of rotatable bonds is 9. The van der Waals surface area contributed by atoms with Crippen LogP contribution in [0.25, 0.3) is 22.6 Å². The fraction of sp³-hybridized carbons (Fsp3) is 0.235. The van der Waals surface area contributed by atoms with Gasteiger partial charge in [0, 0.05) is 29.3 Å². The molecule has 1 amide bonds. The van der Waals surface area contributed by atoms with Crippen molar-refractivity contribution in [2.45, 2.75) is 26.2 Å². The molecular weight excluding hydrogens is 559 g/mol. The number of benzene rings is 3. The van der Waals surface area contributed by atoms with Crippen molar-refractivity contribution in [1.82, 2.24) is 25.3 Å². The summed E-state index contributed by atoms with van der Waals surface area (Å²) in [5.74, 6) is 0.427. The van der Waals surface area contributed by atoms with Crippen molar-refractivity contribution in [3.63, 3.8) is 0 Å². The van der Waals surface area contributed by atoms with E-state index in [1.807, 2.05) is 62.4 Å². The first-order chi connectivity index (χ1) is 21.4.